The van der Waals surface area contributed by atoms with Crippen molar-refractivity contribution in [2.75, 3.05) is 0 Å². The third-order valence-corrected chi connectivity index (χ3v) is 4.18. The Morgan fingerprint density at radius 1 is 1.28 bits per heavy atom. The fourth-order valence-electron chi connectivity index (χ4n) is 2.69. The molecule has 130 valence electrons. The molecule has 0 radical (unpaired) electrons. The van der Waals surface area contributed by atoms with E-state index < -0.39 is 5.76 Å². The van der Waals surface area contributed by atoms with Crippen LogP contribution in [0.25, 0.3) is 11.1 Å². The van der Waals surface area contributed by atoms with Gasteiger partial charge in [0.05, 0.1) is 11.6 Å². The molecule has 25 heavy (non-hydrogen) atoms. The highest BCUT2D eigenvalue weighted by Gasteiger charge is 2.16. The predicted octanol–water partition coefficient (Wildman–Crippen LogP) is 3.65. The van der Waals surface area contributed by atoms with E-state index in [-0.39, 0.29) is 24.3 Å². The number of fused-ring (bicyclic) bond motifs is 1. The van der Waals surface area contributed by atoms with Crippen molar-refractivity contribution in [1.82, 2.24) is 9.88 Å². The Kier molecular flexibility index (Phi) is 4.90. The molecule has 1 atom stereocenters. The van der Waals surface area contributed by atoms with Gasteiger partial charge < -0.3 is 9.73 Å². The first-order valence-corrected chi connectivity index (χ1v) is 8.19. The van der Waals surface area contributed by atoms with Gasteiger partial charge in [-0.15, -0.1) is 0 Å². The summed E-state index contributed by atoms with van der Waals surface area (Å²) in [5, 5.41) is 3.30. The van der Waals surface area contributed by atoms with Gasteiger partial charge in [-0.3, -0.25) is 9.36 Å². The van der Waals surface area contributed by atoms with E-state index in [1.165, 1.54) is 22.8 Å². The van der Waals surface area contributed by atoms with E-state index in [1.807, 2.05) is 6.92 Å². The maximum Gasteiger partial charge on any atom is 0.420 e. The molecule has 0 aliphatic carbocycles. The van der Waals surface area contributed by atoms with Crippen LogP contribution in [0, 0.1) is 5.82 Å². The summed E-state index contributed by atoms with van der Waals surface area (Å²) in [6.07, 6.45) is 0.633. The average molecular weight is 363 g/mol. The number of hydrogen-bond acceptors (Lipinski definition) is 3. The fourth-order valence-corrected chi connectivity index (χ4v) is 2.85. The van der Waals surface area contributed by atoms with Crippen LogP contribution in [0.15, 0.2) is 51.7 Å². The molecule has 0 bridgehead atoms. The molecule has 0 saturated heterocycles. The van der Waals surface area contributed by atoms with Crippen molar-refractivity contribution in [1.29, 1.82) is 0 Å². The zero-order valence-electron chi connectivity index (χ0n) is 13.5. The summed E-state index contributed by atoms with van der Waals surface area (Å²) in [4.78, 5) is 24.3. The van der Waals surface area contributed by atoms with Crippen molar-refractivity contribution >= 4 is 28.6 Å². The van der Waals surface area contributed by atoms with Gasteiger partial charge in [0, 0.05) is 11.1 Å². The van der Waals surface area contributed by atoms with Gasteiger partial charge in [-0.25, -0.2) is 9.18 Å². The van der Waals surface area contributed by atoms with E-state index in [0.717, 1.165) is 5.56 Å². The van der Waals surface area contributed by atoms with Gasteiger partial charge in [0.25, 0.3) is 0 Å². The van der Waals surface area contributed by atoms with Crippen molar-refractivity contribution in [2.24, 2.45) is 0 Å². The van der Waals surface area contributed by atoms with E-state index in [0.29, 0.717) is 22.5 Å². The second-order valence-electron chi connectivity index (χ2n) is 5.65. The zero-order chi connectivity index (χ0) is 18.0. The minimum Gasteiger partial charge on any atom is -0.408 e. The lowest BCUT2D eigenvalue weighted by atomic mass is 10.0. The third kappa shape index (κ3) is 3.74. The van der Waals surface area contributed by atoms with Gasteiger partial charge in [-0.1, -0.05) is 30.7 Å². The Bertz CT molecular complexity index is 963. The molecule has 2 aromatic carbocycles. The summed E-state index contributed by atoms with van der Waals surface area (Å²) < 4.78 is 19.4. The van der Waals surface area contributed by atoms with E-state index in [1.54, 1.807) is 24.3 Å². The summed E-state index contributed by atoms with van der Waals surface area (Å²) in [5.74, 6) is -1.29. The van der Waals surface area contributed by atoms with E-state index in [2.05, 4.69) is 5.32 Å². The second-order valence-corrected chi connectivity index (χ2v) is 6.08. The standard InChI is InChI=1S/C18H16ClFN2O3/c1-2-14(11-3-6-13(20)7-4-11)21-17(23)10-22-15-8-5-12(19)9-16(15)25-18(22)24/h3-9,14H,2,10H2,1H3,(H,21,23)/t14-/m0/s1. The molecule has 0 spiro atoms. The zero-order valence-corrected chi connectivity index (χ0v) is 14.2. The van der Waals surface area contributed by atoms with Crippen molar-refractivity contribution in [3.8, 4) is 0 Å². The van der Waals surface area contributed by atoms with Gasteiger partial charge in [0.2, 0.25) is 5.91 Å². The summed E-state index contributed by atoms with van der Waals surface area (Å²) in [7, 11) is 0. The number of carbonyl (C=O) groups excluding carboxylic acids is 1. The number of halogens is 2. The molecule has 0 aliphatic heterocycles. The fraction of sp³-hybridized carbons (Fsp3) is 0.222. The Hall–Kier alpha value is -2.60. The van der Waals surface area contributed by atoms with Gasteiger partial charge in [0.1, 0.15) is 12.4 Å². The van der Waals surface area contributed by atoms with Crippen LogP contribution in [-0.2, 0) is 11.3 Å². The van der Waals surface area contributed by atoms with Crippen LogP contribution in [0.2, 0.25) is 5.02 Å². The van der Waals surface area contributed by atoms with Crippen LogP contribution in [0.1, 0.15) is 24.9 Å². The topological polar surface area (TPSA) is 64.2 Å². The molecule has 3 aromatic rings. The lowest BCUT2D eigenvalue weighted by Crippen LogP contribution is -2.33. The minimum absolute atomic E-state index is 0.175. The minimum atomic E-state index is -0.623. The molecule has 1 heterocycles. The highest BCUT2D eigenvalue weighted by atomic mass is 35.5. The van der Waals surface area contributed by atoms with Gasteiger partial charge >= 0.3 is 5.76 Å². The van der Waals surface area contributed by atoms with Crippen LogP contribution in [0.5, 0.6) is 0 Å². The number of carbonyl (C=O) groups is 1. The molecule has 7 heteroatoms. The molecule has 1 N–H and O–H groups in total. The molecule has 1 amide bonds. The molecule has 0 aliphatic rings. The molecule has 0 saturated carbocycles. The van der Waals surface area contributed by atoms with Gasteiger partial charge in [-0.05, 0) is 36.2 Å². The van der Waals surface area contributed by atoms with Gasteiger partial charge in [0.15, 0.2) is 5.58 Å². The molecule has 0 unspecified atom stereocenters. The molecule has 3 rings (SSSR count). The van der Waals surface area contributed by atoms with Crippen molar-refractivity contribution in [2.45, 2.75) is 25.9 Å². The number of benzene rings is 2. The quantitative estimate of drug-likeness (QED) is 0.753. The summed E-state index contributed by atoms with van der Waals surface area (Å²) in [6.45, 7) is 1.74. The normalized spacial score (nSPS) is 12.3. The van der Waals surface area contributed by atoms with Crippen LogP contribution >= 0.6 is 11.6 Å². The number of rotatable bonds is 5. The Labute approximate surface area is 148 Å². The van der Waals surface area contributed by atoms with Gasteiger partial charge in [-0.2, -0.15) is 0 Å². The Balaban J connectivity index is 1.79. The third-order valence-electron chi connectivity index (χ3n) is 3.95. The van der Waals surface area contributed by atoms with Crippen LogP contribution < -0.4 is 11.1 Å². The summed E-state index contributed by atoms with van der Waals surface area (Å²) >= 11 is 5.88. The number of nitrogens with zero attached hydrogens (tertiary/aromatic N) is 1. The van der Waals surface area contributed by atoms with Crippen LogP contribution in [0.3, 0.4) is 0 Å². The predicted molar refractivity (Wildman–Crippen MR) is 93.1 cm³/mol. The highest BCUT2D eigenvalue weighted by Crippen LogP contribution is 2.19. The number of oxazole rings is 1. The molecular weight excluding hydrogens is 347 g/mol. The SMILES string of the molecule is CC[C@H](NC(=O)Cn1c(=O)oc2cc(Cl)ccc21)c1ccc(F)cc1. The first-order valence-electron chi connectivity index (χ1n) is 7.81. The lowest BCUT2D eigenvalue weighted by Gasteiger charge is -2.17. The Morgan fingerprint density at radius 3 is 2.68 bits per heavy atom. The average Bonchev–Trinajstić information content (AvgIpc) is 2.88. The van der Waals surface area contributed by atoms with E-state index in [9.17, 15) is 14.0 Å². The summed E-state index contributed by atoms with van der Waals surface area (Å²) in [6, 6.07) is 10.5. The molecule has 5 nitrogen and oxygen atoms in total. The van der Waals surface area contributed by atoms with E-state index >= 15 is 0 Å². The number of nitrogens with one attached hydrogen (secondary N) is 1. The molecular formula is C18H16ClFN2O3. The first-order chi connectivity index (χ1) is 12.0. The Morgan fingerprint density at radius 2 is 2.00 bits per heavy atom. The van der Waals surface area contributed by atoms with Crippen molar-refractivity contribution in [3.05, 3.63) is 69.4 Å². The second kappa shape index (κ2) is 7.11. The number of hydrogen-bond donors (Lipinski definition) is 1. The van der Waals surface area contributed by atoms with Crippen molar-refractivity contribution < 1.29 is 13.6 Å². The maximum absolute atomic E-state index is 13.0. The van der Waals surface area contributed by atoms with Crippen molar-refractivity contribution in [3.63, 3.8) is 0 Å². The smallest absolute Gasteiger partial charge is 0.408 e. The maximum atomic E-state index is 13.0. The summed E-state index contributed by atoms with van der Waals surface area (Å²) in [5.41, 5.74) is 1.63. The van der Waals surface area contributed by atoms with E-state index in [4.69, 9.17) is 16.0 Å². The van der Waals surface area contributed by atoms with Crippen LogP contribution in [0.4, 0.5) is 4.39 Å². The monoisotopic (exact) mass is 362 g/mol. The largest absolute Gasteiger partial charge is 0.420 e. The number of amides is 1. The molecule has 1 aromatic heterocycles. The number of aromatic nitrogens is 1. The highest BCUT2D eigenvalue weighted by molar-refractivity contribution is 6.31. The molecule has 0 fully saturated rings. The first kappa shape index (κ1) is 17.2. The lowest BCUT2D eigenvalue weighted by molar-refractivity contribution is -0.122. The van der Waals surface area contributed by atoms with Crippen LogP contribution in [-0.4, -0.2) is 10.5 Å².